The lowest BCUT2D eigenvalue weighted by Crippen LogP contribution is -2.23. The zero-order valence-electron chi connectivity index (χ0n) is 10.2. The van der Waals surface area contributed by atoms with Crippen LogP contribution in [0, 0.1) is 0 Å². The first-order valence-corrected chi connectivity index (χ1v) is 5.19. The number of carbonyl (C=O) groups excluding carboxylic acids is 1. The van der Waals surface area contributed by atoms with E-state index in [1.165, 1.54) is 6.92 Å². The third-order valence-corrected chi connectivity index (χ3v) is 1.98. The molecule has 0 amide bonds. The van der Waals surface area contributed by atoms with E-state index in [4.69, 9.17) is 5.11 Å². The zero-order chi connectivity index (χ0) is 16.4. The Kier molecular flexibility index (Phi) is 4.54. The largest absolute Gasteiger partial charge is 0.573 e. The summed E-state index contributed by atoms with van der Waals surface area (Å²) < 4.78 is 82.4. The number of hydrogen-bond donors (Lipinski definition) is 1. The molecule has 0 aliphatic heterocycles. The maximum absolute atomic E-state index is 12.9. The SMILES string of the molecule is CCOC(=O)c1ncc(O)c(OC(F)(F)F)c1C(F)(F)F. The number of esters is 1. The Bertz CT molecular complexity index is 540. The van der Waals surface area contributed by atoms with Gasteiger partial charge in [0.05, 0.1) is 12.8 Å². The second kappa shape index (κ2) is 5.66. The summed E-state index contributed by atoms with van der Waals surface area (Å²) in [6, 6.07) is 0. The molecule has 1 N–H and O–H groups in total. The summed E-state index contributed by atoms with van der Waals surface area (Å²) in [7, 11) is 0. The summed E-state index contributed by atoms with van der Waals surface area (Å²) in [6.07, 6.45) is -10.7. The van der Waals surface area contributed by atoms with Crippen LogP contribution in [0.4, 0.5) is 26.3 Å². The number of rotatable bonds is 3. The van der Waals surface area contributed by atoms with Crippen molar-refractivity contribution in [2.24, 2.45) is 0 Å². The van der Waals surface area contributed by atoms with Crippen LogP contribution in [0.15, 0.2) is 6.20 Å². The molecule has 21 heavy (non-hydrogen) atoms. The van der Waals surface area contributed by atoms with E-state index in [1.807, 2.05) is 0 Å². The third kappa shape index (κ3) is 4.13. The Labute approximate surface area is 113 Å². The minimum absolute atomic E-state index is 0.225. The zero-order valence-corrected chi connectivity index (χ0v) is 10.2. The lowest BCUT2D eigenvalue weighted by atomic mass is 10.1. The van der Waals surface area contributed by atoms with E-state index in [0.29, 0.717) is 0 Å². The number of aromatic nitrogens is 1. The van der Waals surface area contributed by atoms with Gasteiger partial charge in [-0.1, -0.05) is 0 Å². The number of alkyl halides is 6. The van der Waals surface area contributed by atoms with Crippen molar-refractivity contribution < 1.29 is 45.7 Å². The minimum atomic E-state index is -5.51. The van der Waals surface area contributed by atoms with Crippen LogP contribution in [0.25, 0.3) is 0 Å². The number of aromatic hydroxyl groups is 1. The fourth-order valence-electron chi connectivity index (χ4n) is 1.32. The smallest absolute Gasteiger partial charge is 0.503 e. The number of pyridine rings is 1. The van der Waals surface area contributed by atoms with Crippen LogP contribution in [0.5, 0.6) is 11.5 Å². The van der Waals surface area contributed by atoms with Gasteiger partial charge >= 0.3 is 18.5 Å². The second-order valence-electron chi connectivity index (χ2n) is 3.46. The predicted molar refractivity (Wildman–Crippen MR) is 53.5 cm³/mol. The molecule has 0 fully saturated rings. The molecule has 11 heteroatoms. The predicted octanol–water partition coefficient (Wildman–Crippen LogP) is 2.88. The molecule has 1 aromatic rings. The number of carbonyl (C=O) groups is 1. The van der Waals surface area contributed by atoms with Crippen LogP contribution in [0.2, 0.25) is 0 Å². The van der Waals surface area contributed by atoms with Gasteiger partial charge in [-0.25, -0.2) is 9.78 Å². The van der Waals surface area contributed by atoms with E-state index in [2.05, 4.69) is 14.5 Å². The maximum atomic E-state index is 12.9. The molecule has 1 heterocycles. The number of nitrogens with zero attached hydrogens (tertiary/aromatic N) is 1. The van der Waals surface area contributed by atoms with Gasteiger partial charge in [-0.2, -0.15) is 13.2 Å². The Hall–Kier alpha value is -2.20. The van der Waals surface area contributed by atoms with Crippen LogP contribution in [0.1, 0.15) is 23.0 Å². The summed E-state index contributed by atoms with van der Waals surface area (Å²) in [5.41, 5.74) is -3.61. The monoisotopic (exact) mass is 319 g/mol. The van der Waals surface area contributed by atoms with Gasteiger partial charge in [0, 0.05) is 0 Å². The van der Waals surface area contributed by atoms with Crippen LogP contribution < -0.4 is 4.74 Å². The summed E-state index contributed by atoms with van der Waals surface area (Å²) in [5, 5.41) is 9.11. The van der Waals surface area contributed by atoms with Gasteiger partial charge < -0.3 is 14.6 Å². The molecule has 0 radical (unpaired) electrons. The van der Waals surface area contributed by atoms with Crippen LogP contribution in [-0.4, -0.2) is 29.0 Å². The second-order valence-corrected chi connectivity index (χ2v) is 3.46. The van der Waals surface area contributed by atoms with Crippen molar-refractivity contribution in [1.29, 1.82) is 0 Å². The van der Waals surface area contributed by atoms with Crippen molar-refractivity contribution in [3.05, 3.63) is 17.5 Å². The van der Waals surface area contributed by atoms with Gasteiger partial charge in [-0.15, -0.1) is 13.2 Å². The fourth-order valence-corrected chi connectivity index (χ4v) is 1.32. The van der Waals surface area contributed by atoms with E-state index in [0.717, 1.165) is 0 Å². The van der Waals surface area contributed by atoms with Gasteiger partial charge in [0.1, 0.15) is 5.56 Å². The first-order chi connectivity index (χ1) is 9.47. The Morgan fingerprint density at radius 2 is 1.86 bits per heavy atom. The minimum Gasteiger partial charge on any atom is -0.503 e. The van der Waals surface area contributed by atoms with Crippen LogP contribution in [-0.2, 0) is 10.9 Å². The molecule has 0 bridgehead atoms. The fraction of sp³-hybridized carbons (Fsp3) is 0.400. The topological polar surface area (TPSA) is 68.7 Å². The average Bonchev–Trinajstić information content (AvgIpc) is 2.28. The van der Waals surface area contributed by atoms with Crippen molar-refractivity contribution >= 4 is 5.97 Å². The summed E-state index contributed by atoms with van der Waals surface area (Å²) in [6.45, 7) is 0.951. The molecule has 0 aliphatic rings. The summed E-state index contributed by atoms with van der Waals surface area (Å²) >= 11 is 0. The molecule has 0 aliphatic carbocycles. The molecule has 5 nitrogen and oxygen atoms in total. The molecule has 0 spiro atoms. The van der Waals surface area contributed by atoms with Gasteiger partial charge in [0.25, 0.3) is 0 Å². The standard InChI is InChI=1S/C10H7F6NO4/c1-2-20-8(19)6-5(9(11,12)13)7(4(18)3-17-6)21-10(14,15)16/h3,18H,2H2,1H3. The highest BCUT2D eigenvalue weighted by atomic mass is 19.4. The molecule has 0 aromatic carbocycles. The molecule has 0 saturated heterocycles. The molecule has 0 unspecified atom stereocenters. The first-order valence-electron chi connectivity index (χ1n) is 5.19. The van der Waals surface area contributed by atoms with E-state index in [-0.39, 0.29) is 12.8 Å². The number of halogens is 6. The average molecular weight is 319 g/mol. The summed E-state index contributed by atoms with van der Waals surface area (Å²) in [4.78, 5) is 14.3. The van der Waals surface area contributed by atoms with Crippen LogP contribution >= 0.6 is 0 Å². The third-order valence-electron chi connectivity index (χ3n) is 1.98. The van der Waals surface area contributed by atoms with E-state index < -0.39 is 41.3 Å². The Morgan fingerprint density at radius 3 is 2.29 bits per heavy atom. The molecule has 0 saturated carbocycles. The Morgan fingerprint density at radius 1 is 1.29 bits per heavy atom. The van der Waals surface area contributed by atoms with Crippen LogP contribution in [0.3, 0.4) is 0 Å². The van der Waals surface area contributed by atoms with Crippen molar-refractivity contribution in [3.8, 4) is 11.5 Å². The lowest BCUT2D eigenvalue weighted by molar-refractivity contribution is -0.276. The highest BCUT2D eigenvalue weighted by Crippen LogP contribution is 2.44. The van der Waals surface area contributed by atoms with Crippen molar-refractivity contribution in [2.45, 2.75) is 19.5 Å². The quantitative estimate of drug-likeness (QED) is 0.685. The normalized spacial score (nSPS) is 12.1. The highest BCUT2D eigenvalue weighted by molar-refractivity contribution is 5.90. The van der Waals surface area contributed by atoms with E-state index >= 15 is 0 Å². The van der Waals surface area contributed by atoms with Gasteiger partial charge in [-0.3, -0.25) is 0 Å². The first kappa shape index (κ1) is 16.9. The van der Waals surface area contributed by atoms with Gasteiger partial charge in [0.2, 0.25) is 0 Å². The molecule has 1 aromatic heterocycles. The number of hydrogen-bond acceptors (Lipinski definition) is 5. The molecular weight excluding hydrogens is 312 g/mol. The highest BCUT2D eigenvalue weighted by Gasteiger charge is 2.45. The summed E-state index contributed by atoms with van der Waals surface area (Å²) in [5.74, 6) is -5.09. The molecular formula is C10H7F6NO4. The van der Waals surface area contributed by atoms with Gasteiger partial charge in [-0.05, 0) is 6.92 Å². The Balaban J connectivity index is 3.54. The van der Waals surface area contributed by atoms with Crippen molar-refractivity contribution in [2.75, 3.05) is 6.61 Å². The van der Waals surface area contributed by atoms with E-state index in [1.54, 1.807) is 0 Å². The molecule has 1 rings (SSSR count). The van der Waals surface area contributed by atoms with Crippen molar-refractivity contribution in [1.82, 2.24) is 4.98 Å². The number of ether oxygens (including phenoxy) is 2. The molecule has 118 valence electrons. The maximum Gasteiger partial charge on any atom is 0.573 e. The van der Waals surface area contributed by atoms with Crippen molar-refractivity contribution in [3.63, 3.8) is 0 Å². The van der Waals surface area contributed by atoms with Gasteiger partial charge in [0.15, 0.2) is 17.2 Å². The lowest BCUT2D eigenvalue weighted by Gasteiger charge is -2.18. The molecule has 0 atom stereocenters. The van der Waals surface area contributed by atoms with E-state index in [9.17, 15) is 31.1 Å².